The van der Waals surface area contributed by atoms with Crippen molar-refractivity contribution in [3.05, 3.63) is 17.7 Å². The van der Waals surface area contributed by atoms with Gasteiger partial charge in [0, 0.05) is 18.3 Å². The fourth-order valence-corrected chi connectivity index (χ4v) is 2.84. The van der Waals surface area contributed by atoms with Crippen molar-refractivity contribution in [3.8, 4) is 0 Å². The van der Waals surface area contributed by atoms with Crippen LogP contribution in [0.1, 0.15) is 37.1 Å². The van der Waals surface area contributed by atoms with E-state index in [4.69, 9.17) is 0 Å². The molecule has 0 saturated carbocycles. The minimum atomic E-state index is 0.685. The quantitative estimate of drug-likeness (QED) is 0.793. The van der Waals surface area contributed by atoms with Gasteiger partial charge in [-0.2, -0.15) is 0 Å². The number of aromatic nitrogens is 2. The number of rotatable bonds is 2. The van der Waals surface area contributed by atoms with Gasteiger partial charge in [-0.15, -0.1) is 0 Å². The summed E-state index contributed by atoms with van der Waals surface area (Å²) in [6.45, 7) is 2.32. The highest BCUT2D eigenvalue weighted by atomic mass is 15.1. The number of hydrogen-bond acceptors (Lipinski definition) is 2. The molecule has 1 saturated heterocycles. The highest BCUT2D eigenvalue weighted by molar-refractivity contribution is 5.16. The Balaban J connectivity index is 1.76. The van der Waals surface area contributed by atoms with Crippen LogP contribution in [-0.4, -0.2) is 22.1 Å². The Morgan fingerprint density at radius 2 is 2.27 bits per heavy atom. The average Bonchev–Trinajstić information content (AvgIpc) is 2.89. The van der Waals surface area contributed by atoms with Crippen molar-refractivity contribution < 1.29 is 0 Å². The second-order valence-corrected chi connectivity index (χ2v) is 4.79. The van der Waals surface area contributed by atoms with Crippen LogP contribution in [0.25, 0.3) is 0 Å². The zero-order chi connectivity index (χ0) is 10.1. The topological polar surface area (TPSA) is 29.9 Å². The van der Waals surface area contributed by atoms with E-state index in [1.54, 1.807) is 0 Å². The molecule has 3 heteroatoms. The molecule has 0 amide bonds. The van der Waals surface area contributed by atoms with E-state index in [9.17, 15) is 0 Å². The third-order valence-electron chi connectivity index (χ3n) is 3.69. The van der Waals surface area contributed by atoms with Crippen molar-refractivity contribution in [3.63, 3.8) is 0 Å². The van der Waals surface area contributed by atoms with E-state index < -0.39 is 0 Å². The SMILES string of the molecule is c1nc2c(n1CC1CCCN1)CCCC2. The minimum absolute atomic E-state index is 0.685. The predicted octanol–water partition coefficient (Wildman–Crippen LogP) is 1.51. The van der Waals surface area contributed by atoms with E-state index in [2.05, 4.69) is 21.2 Å². The number of aryl methyl sites for hydroxylation is 1. The zero-order valence-corrected chi connectivity index (χ0v) is 9.21. The number of hydrogen-bond donors (Lipinski definition) is 1. The molecule has 1 aliphatic carbocycles. The Hall–Kier alpha value is -0.830. The smallest absolute Gasteiger partial charge is 0.0952 e. The molecule has 1 aliphatic heterocycles. The summed E-state index contributed by atoms with van der Waals surface area (Å²) in [5.41, 5.74) is 2.87. The van der Waals surface area contributed by atoms with Crippen LogP contribution >= 0.6 is 0 Å². The van der Waals surface area contributed by atoms with Crippen LogP contribution in [0, 0.1) is 0 Å². The number of nitrogens with zero attached hydrogens (tertiary/aromatic N) is 2. The van der Waals surface area contributed by atoms with Gasteiger partial charge in [0.1, 0.15) is 0 Å². The summed E-state index contributed by atoms with van der Waals surface area (Å²) >= 11 is 0. The lowest BCUT2D eigenvalue weighted by Crippen LogP contribution is -2.27. The molecular weight excluding hydrogens is 186 g/mol. The summed E-state index contributed by atoms with van der Waals surface area (Å²) in [4.78, 5) is 4.53. The van der Waals surface area contributed by atoms with Gasteiger partial charge in [0.2, 0.25) is 0 Å². The van der Waals surface area contributed by atoms with Gasteiger partial charge in [0.25, 0.3) is 0 Å². The normalized spacial score (nSPS) is 25.5. The molecule has 1 N–H and O–H groups in total. The molecule has 0 bridgehead atoms. The van der Waals surface area contributed by atoms with Crippen molar-refractivity contribution >= 4 is 0 Å². The van der Waals surface area contributed by atoms with E-state index in [-0.39, 0.29) is 0 Å². The van der Waals surface area contributed by atoms with Gasteiger partial charge in [-0.25, -0.2) is 4.98 Å². The summed E-state index contributed by atoms with van der Waals surface area (Å²) in [5.74, 6) is 0. The van der Waals surface area contributed by atoms with Crippen molar-refractivity contribution in [2.24, 2.45) is 0 Å². The summed E-state index contributed by atoms with van der Waals surface area (Å²) < 4.78 is 2.39. The molecule has 3 nitrogen and oxygen atoms in total. The Labute approximate surface area is 90.9 Å². The van der Waals surface area contributed by atoms with E-state index in [0.29, 0.717) is 6.04 Å². The molecule has 1 aromatic rings. The first-order valence-corrected chi connectivity index (χ1v) is 6.20. The Bertz CT molecular complexity index is 337. The maximum atomic E-state index is 4.53. The second-order valence-electron chi connectivity index (χ2n) is 4.79. The molecule has 82 valence electrons. The van der Waals surface area contributed by atoms with E-state index in [1.165, 1.54) is 56.5 Å². The van der Waals surface area contributed by atoms with Crippen molar-refractivity contribution in [1.82, 2.24) is 14.9 Å². The maximum Gasteiger partial charge on any atom is 0.0952 e. The first-order chi connectivity index (χ1) is 7.43. The van der Waals surface area contributed by atoms with Gasteiger partial charge in [-0.1, -0.05) is 0 Å². The first kappa shape index (κ1) is 9.40. The number of nitrogens with one attached hydrogen (secondary N) is 1. The molecule has 3 rings (SSSR count). The molecule has 1 atom stereocenters. The van der Waals surface area contributed by atoms with Crippen LogP contribution in [-0.2, 0) is 19.4 Å². The first-order valence-electron chi connectivity index (χ1n) is 6.20. The summed E-state index contributed by atoms with van der Waals surface area (Å²) in [5, 5.41) is 3.55. The molecule has 0 radical (unpaired) electrons. The van der Waals surface area contributed by atoms with Crippen molar-refractivity contribution in [2.75, 3.05) is 6.54 Å². The molecular formula is C12H19N3. The third-order valence-corrected chi connectivity index (χ3v) is 3.69. The summed E-state index contributed by atoms with van der Waals surface area (Å²) in [7, 11) is 0. The predicted molar refractivity (Wildman–Crippen MR) is 59.9 cm³/mol. The van der Waals surface area contributed by atoms with Crippen LogP contribution in [0.15, 0.2) is 6.33 Å². The summed E-state index contributed by atoms with van der Waals surface area (Å²) in [6, 6.07) is 0.685. The van der Waals surface area contributed by atoms with E-state index >= 15 is 0 Å². The third kappa shape index (κ3) is 1.81. The van der Waals surface area contributed by atoms with Crippen LogP contribution < -0.4 is 5.32 Å². The van der Waals surface area contributed by atoms with Crippen LogP contribution in [0.3, 0.4) is 0 Å². The molecule has 1 unspecified atom stereocenters. The molecule has 0 aromatic carbocycles. The van der Waals surface area contributed by atoms with E-state index in [1.807, 2.05) is 0 Å². The lowest BCUT2D eigenvalue weighted by Gasteiger charge is -2.17. The Morgan fingerprint density at radius 1 is 1.33 bits per heavy atom. The van der Waals surface area contributed by atoms with Crippen LogP contribution in [0.4, 0.5) is 0 Å². The monoisotopic (exact) mass is 205 g/mol. The molecule has 15 heavy (non-hydrogen) atoms. The van der Waals surface area contributed by atoms with Gasteiger partial charge in [-0.05, 0) is 45.1 Å². The Morgan fingerprint density at radius 3 is 3.13 bits per heavy atom. The van der Waals surface area contributed by atoms with Crippen molar-refractivity contribution in [1.29, 1.82) is 0 Å². The fraction of sp³-hybridized carbons (Fsp3) is 0.750. The average molecular weight is 205 g/mol. The van der Waals surface area contributed by atoms with Crippen LogP contribution in [0.5, 0.6) is 0 Å². The lowest BCUT2D eigenvalue weighted by molar-refractivity contribution is 0.490. The Kier molecular flexibility index (Phi) is 2.49. The molecule has 0 spiro atoms. The van der Waals surface area contributed by atoms with Gasteiger partial charge in [0.05, 0.1) is 12.0 Å². The van der Waals surface area contributed by atoms with Gasteiger partial charge in [-0.3, -0.25) is 0 Å². The highest BCUT2D eigenvalue weighted by Gasteiger charge is 2.19. The van der Waals surface area contributed by atoms with Gasteiger partial charge in [0.15, 0.2) is 0 Å². The standard InChI is InChI=1S/C12H19N3/c1-2-6-12-11(5-1)14-9-15(12)8-10-4-3-7-13-10/h9-10,13H,1-8H2. The number of imidazole rings is 1. The molecule has 1 fully saturated rings. The van der Waals surface area contributed by atoms with Crippen LogP contribution in [0.2, 0.25) is 0 Å². The zero-order valence-electron chi connectivity index (χ0n) is 9.21. The van der Waals surface area contributed by atoms with Gasteiger partial charge < -0.3 is 9.88 Å². The van der Waals surface area contributed by atoms with Crippen molar-refractivity contribution in [2.45, 2.75) is 51.1 Å². The maximum absolute atomic E-state index is 4.53. The van der Waals surface area contributed by atoms with E-state index in [0.717, 1.165) is 6.54 Å². The number of fused-ring (bicyclic) bond motifs is 1. The minimum Gasteiger partial charge on any atom is -0.333 e. The second kappa shape index (κ2) is 3.97. The van der Waals surface area contributed by atoms with Gasteiger partial charge >= 0.3 is 0 Å². The molecule has 1 aromatic heterocycles. The fourth-order valence-electron chi connectivity index (χ4n) is 2.84. The largest absolute Gasteiger partial charge is 0.333 e. The molecule has 2 heterocycles. The lowest BCUT2D eigenvalue weighted by atomic mass is 10.0. The summed E-state index contributed by atoms with van der Waals surface area (Å²) in [6.07, 6.45) is 9.81. The molecule has 2 aliphatic rings. The highest BCUT2D eigenvalue weighted by Crippen LogP contribution is 2.20.